The van der Waals surface area contributed by atoms with Crippen molar-refractivity contribution in [2.45, 2.75) is 13.3 Å². The van der Waals surface area contributed by atoms with Gasteiger partial charge in [0.1, 0.15) is 6.33 Å². The molecule has 0 N–H and O–H groups in total. The molecule has 0 bridgehead atoms. The van der Waals surface area contributed by atoms with Gasteiger partial charge in [-0.05, 0) is 12.0 Å². The van der Waals surface area contributed by atoms with Crippen LogP contribution in [0, 0.1) is 0 Å². The molecule has 0 spiro atoms. The van der Waals surface area contributed by atoms with Gasteiger partial charge in [0.15, 0.2) is 5.82 Å². The van der Waals surface area contributed by atoms with Crippen LogP contribution in [-0.4, -0.2) is 14.8 Å². The molecule has 1 heterocycles. The van der Waals surface area contributed by atoms with Crippen LogP contribution in [0.4, 0.5) is 0 Å². The molecule has 3 heteroatoms. The van der Waals surface area contributed by atoms with Crippen LogP contribution in [0.5, 0.6) is 0 Å². The van der Waals surface area contributed by atoms with Crippen molar-refractivity contribution < 1.29 is 0 Å². The van der Waals surface area contributed by atoms with Crippen LogP contribution in [0.15, 0.2) is 12.9 Å². The highest BCUT2D eigenvalue weighted by Gasteiger charge is 2.01. The fourth-order valence-electron chi connectivity index (χ4n) is 0.761. The van der Waals surface area contributed by atoms with Crippen molar-refractivity contribution in [3.8, 4) is 0 Å². The lowest BCUT2D eigenvalue weighted by atomic mass is 10.2. The van der Waals surface area contributed by atoms with E-state index in [1.807, 2.05) is 11.6 Å². The average Bonchev–Trinajstić information content (AvgIpc) is 2.34. The topological polar surface area (TPSA) is 30.7 Å². The van der Waals surface area contributed by atoms with Crippen molar-refractivity contribution in [3.05, 3.63) is 18.7 Å². The summed E-state index contributed by atoms with van der Waals surface area (Å²) >= 11 is 0. The minimum absolute atomic E-state index is 0.877. The number of aryl methyl sites for hydroxylation is 1. The van der Waals surface area contributed by atoms with E-state index in [1.165, 1.54) is 0 Å². The SMILES string of the molecule is C=C(CC)c1nncn1C. The van der Waals surface area contributed by atoms with E-state index in [0.717, 1.165) is 17.8 Å². The van der Waals surface area contributed by atoms with Crippen molar-refractivity contribution in [2.75, 3.05) is 0 Å². The normalized spacial score (nSPS) is 9.80. The number of hydrogen-bond donors (Lipinski definition) is 0. The Balaban J connectivity index is 2.93. The summed E-state index contributed by atoms with van der Waals surface area (Å²) in [6, 6.07) is 0. The molecule has 0 atom stereocenters. The maximum Gasteiger partial charge on any atom is 0.158 e. The predicted molar refractivity (Wildman–Crippen MR) is 40.3 cm³/mol. The molecule has 0 aliphatic carbocycles. The van der Waals surface area contributed by atoms with Gasteiger partial charge < -0.3 is 4.57 Å². The zero-order chi connectivity index (χ0) is 7.56. The summed E-state index contributed by atoms with van der Waals surface area (Å²) in [7, 11) is 1.91. The first-order valence-electron chi connectivity index (χ1n) is 3.28. The summed E-state index contributed by atoms with van der Waals surface area (Å²) in [5, 5.41) is 7.64. The second-order valence-corrected chi connectivity index (χ2v) is 2.22. The largest absolute Gasteiger partial charge is 0.317 e. The van der Waals surface area contributed by atoms with Crippen LogP contribution in [0.2, 0.25) is 0 Å². The highest BCUT2D eigenvalue weighted by molar-refractivity contribution is 5.56. The molecular weight excluding hydrogens is 126 g/mol. The van der Waals surface area contributed by atoms with Gasteiger partial charge in [0, 0.05) is 7.05 Å². The van der Waals surface area contributed by atoms with Crippen LogP contribution in [0.25, 0.3) is 5.57 Å². The third-order valence-electron chi connectivity index (χ3n) is 1.45. The highest BCUT2D eigenvalue weighted by atomic mass is 15.2. The molecule has 1 aromatic heterocycles. The Morgan fingerprint density at radius 2 is 2.50 bits per heavy atom. The Hall–Kier alpha value is -1.12. The van der Waals surface area contributed by atoms with Crippen molar-refractivity contribution in [1.82, 2.24) is 14.8 Å². The fraction of sp³-hybridized carbons (Fsp3) is 0.429. The van der Waals surface area contributed by atoms with Crippen molar-refractivity contribution in [1.29, 1.82) is 0 Å². The number of rotatable bonds is 2. The summed E-state index contributed by atoms with van der Waals surface area (Å²) < 4.78 is 1.87. The molecule has 54 valence electrons. The molecule has 0 aliphatic rings. The molecule has 1 aromatic rings. The predicted octanol–water partition coefficient (Wildman–Crippen LogP) is 1.24. The lowest BCUT2D eigenvalue weighted by Crippen LogP contribution is -1.94. The zero-order valence-electron chi connectivity index (χ0n) is 6.33. The van der Waals surface area contributed by atoms with Crippen LogP contribution >= 0.6 is 0 Å². The Bertz CT molecular complexity index is 237. The average molecular weight is 137 g/mol. The van der Waals surface area contributed by atoms with Gasteiger partial charge in [-0.25, -0.2) is 0 Å². The van der Waals surface area contributed by atoms with Gasteiger partial charge in [-0.15, -0.1) is 10.2 Å². The summed E-state index contributed by atoms with van der Waals surface area (Å²) in [5.74, 6) is 0.877. The summed E-state index contributed by atoms with van der Waals surface area (Å²) in [6.07, 6.45) is 2.60. The molecule has 0 aliphatic heterocycles. The second kappa shape index (κ2) is 2.64. The molecule has 0 fully saturated rings. The van der Waals surface area contributed by atoms with E-state index in [4.69, 9.17) is 0 Å². The van der Waals surface area contributed by atoms with Gasteiger partial charge in [0.25, 0.3) is 0 Å². The van der Waals surface area contributed by atoms with E-state index in [1.54, 1.807) is 6.33 Å². The number of nitrogens with zero attached hydrogens (tertiary/aromatic N) is 3. The maximum atomic E-state index is 3.90. The van der Waals surface area contributed by atoms with Crippen LogP contribution in [0.1, 0.15) is 19.2 Å². The number of allylic oxidation sites excluding steroid dienone is 1. The van der Waals surface area contributed by atoms with Crippen molar-refractivity contribution in [2.24, 2.45) is 7.05 Å². The lowest BCUT2D eigenvalue weighted by Gasteiger charge is -1.98. The Morgan fingerprint density at radius 1 is 1.80 bits per heavy atom. The van der Waals surface area contributed by atoms with Crippen molar-refractivity contribution in [3.63, 3.8) is 0 Å². The molecule has 10 heavy (non-hydrogen) atoms. The van der Waals surface area contributed by atoms with Gasteiger partial charge in [0.2, 0.25) is 0 Å². The standard InChI is InChI=1S/C7H11N3/c1-4-6(2)7-9-8-5-10(7)3/h5H,2,4H2,1,3H3. The Morgan fingerprint density at radius 3 is 2.90 bits per heavy atom. The van der Waals surface area contributed by atoms with Gasteiger partial charge in [-0.3, -0.25) is 0 Å². The van der Waals surface area contributed by atoms with Gasteiger partial charge in [-0.2, -0.15) is 0 Å². The maximum absolute atomic E-state index is 3.90. The van der Waals surface area contributed by atoms with E-state index < -0.39 is 0 Å². The molecule has 3 nitrogen and oxygen atoms in total. The Labute approximate surface area is 60.4 Å². The molecule has 0 unspecified atom stereocenters. The zero-order valence-corrected chi connectivity index (χ0v) is 6.33. The first-order chi connectivity index (χ1) is 4.75. The van der Waals surface area contributed by atoms with E-state index in [-0.39, 0.29) is 0 Å². The second-order valence-electron chi connectivity index (χ2n) is 2.22. The van der Waals surface area contributed by atoms with Crippen LogP contribution < -0.4 is 0 Å². The monoisotopic (exact) mass is 137 g/mol. The quantitative estimate of drug-likeness (QED) is 0.614. The minimum Gasteiger partial charge on any atom is -0.317 e. The molecular formula is C7H11N3. The minimum atomic E-state index is 0.877. The number of aromatic nitrogens is 3. The molecule has 0 saturated carbocycles. The fourth-order valence-corrected chi connectivity index (χ4v) is 0.761. The van der Waals surface area contributed by atoms with E-state index in [9.17, 15) is 0 Å². The van der Waals surface area contributed by atoms with E-state index in [2.05, 4.69) is 23.7 Å². The van der Waals surface area contributed by atoms with Gasteiger partial charge in [0.05, 0.1) is 0 Å². The first kappa shape index (κ1) is 6.99. The smallest absolute Gasteiger partial charge is 0.158 e. The molecule has 0 aromatic carbocycles. The lowest BCUT2D eigenvalue weighted by molar-refractivity contribution is 0.881. The highest BCUT2D eigenvalue weighted by Crippen LogP contribution is 2.10. The summed E-state index contributed by atoms with van der Waals surface area (Å²) in [4.78, 5) is 0. The van der Waals surface area contributed by atoms with Crippen LogP contribution in [0.3, 0.4) is 0 Å². The Kier molecular flexibility index (Phi) is 1.85. The molecule has 0 amide bonds. The third kappa shape index (κ3) is 1.07. The first-order valence-corrected chi connectivity index (χ1v) is 3.28. The van der Waals surface area contributed by atoms with E-state index in [0.29, 0.717) is 0 Å². The van der Waals surface area contributed by atoms with Crippen LogP contribution in [-0.2, 0) is 7.05 Å². The number of hydrogen-bond acceptors (Lipinski definition) is 2. The summed E-state index contributed by atoms with van der Waals surface area (Å²) in [5.41, 5.74) is 1.03. The van der Waals surface area contributed by atoms with Gasteiger partial charge >= 0.3 is 0 Å². The van der Waals surface area contributed by atoms with Crippen molar-refractivity contribution >= 4 is 5.57 Å². The summed E-state index contributed by atoms with van der Waals surface area (Å²) in [6.45, 7) is 5.91. The van der Waals surface area contributed by atoms with Gasteiger partial charge in [-0.1, -0.05) is 13.5 Å². The van der Waals surface area contributed by atoms with E-state index >= 15 is 0 Å². The third-order valence-corrected chi connectivity index (χ3v) is 1.45. The molecule has 0 saturated heterocycles. The molecule has 1 rings (SSSR count). The molecule has 0 radical (unpaired) electrons.